The van der Waals surface area contributed by atoms with Crippen LogP contribution in [0.3, 0.4) is 0 Å². The largest absolute Gasteiger partial charge is 0.464 e. The van der Waals surface area contributed by atoms with E-state index in [9.17, 15) is 13.2 Å². The molecular formula is C32H64O5S. The Kier molecular flexibility index (Phi) is 28.9. The quantitative estimate of drug-likeness (QED) is 0.0518. The van der Waals surface area contributed by atoms with Gasteiger partial charge in [0.1, 0.15) is 12.4 Å². The number of unbranched alkanes of at least 4 members (excludes halogenated alkanes) is 26. The molecule has 0 unspecified atom stereocenters. The summed E-state index contributed by atoms with van der Waals surface area (Å²) in [5.74, 6) is -0.911. The van der Waals surface area contributed by atoms with Crippen molar-refractivity contribution in [3.63, 3.8) is 0 Å². The summed E-state index contributed by atoms with van der Waals surface area (Å²) in [5, 5.41) is 0. The second-order valence-corrected chi connectivity index (χ2v) is 13.0. The Bertz CT molecular complexity index is 591. The number of carbonyl (C=O) groups excluding carboxylic acids is 1. The number of rotatable bonds is 31. The highest BCUT2D eigenvalue weighted by atomic mass is 32.2. The molecule has 1 N–H and O–H groups in total. The first-order chi connectivity index (χ1) is 18.5. The second-order valence-electron chi connectivity index (χ2n) is 11.4. The number of hydrogen-bond acceptors (Lipinski definition) is 4. The predicted octanol–water partition coefficient (Wildman–Crippen LogP) is 10.4. The Morgan fingerprint density at radius 2 is 0.763 bits per heavy atom. The minimum absolute atomic E-state index is 0.267. The SMILES string of the molecule is CCCCCCCCCCCCCCCCCCCCCCCCCCCCCC(=O)OCCS(=O)(=O)O. The molecule has 0 aliphatic heterocycles. The lowest BCUT2D eigenvalue weighted by Gasteiger charge is -2.05. The zero-order chi connectivity index (χ0) is 28.0. The maximum atomic E-state index is 11.5. The first-order valence-electron chi connectivity index (χ1n) is 16.6. The molecule has 0 saturated carbocycles. The predicted molar refractivity (Wildman–Crippen MR) is 162 cm³/mol. The monoisotopic (exact) mass is 560 g/mol. The molecule has 0 aromatic heterocycles. The minimum Gasteiger partial charge on any atom is -0.464 e. The molecule has 0 radical (unpaired) electrons. The Morgan fingerprint density at radius 3 is 1.03 bits per heavy atom. The lowest BCUT2D eigenvalue weighted by Crippen LogP contribution is -2.14. The molecule has 0 aliphatic carbocycles. The van der Waals surface area contributed by atoms with Gasteiger partial charge in [-0.05, 0) is 6.42 Å². The van der Waals surface area contributed by atoms with Gasteiger partial charge in [-0.1, -0.05) is 174 Å². The third kappa shape index (κ3) is 33.4. The molecule has 6 heteroatoms. The normalized spacial score (nSPS) is 11.7. The molecule has 5 nitrogen and oxygen atoms in total. The van der Waals surface area contributed by atoms with Gasteiger partial charge in [0, 0.05) is 6.42 Å². The number of carbonyl (C=O) groups is 1. The van der Waals surface area contributed by atoms with Crippen LogP contribution in [-0.4, -0.2) is 31.3 Å². The average molecular weight is 561 g/mol. The maximum absolute atomic E-state index is 11.5. The van der Waals surface area contributed by atoms with E-state index in [1.807, 2.05) is 0 Å². The minimum atomic E-state index is -4.06. The summed E-state index contributed by atoms with van der Waals surface area (Å²) in [7, 11) is -4.06. The van der Waals surface area contributed by atoms with Gasteiger partial charge in [-0.3, -0.25) is 9.35 Å². The van der Waals surface area contributed by atoms with Gasteiger partial charge in [-0.15, -0.1) is 0 Å². The summed E-state index contributed by atoms with van der Waals surface area (Å²) in [6.45, 7) is 2.02. The van der Waals surface area contributed by atoms with Gasteiger partial charge in [0.05, 0.1) is 0 Å². The summed E-state index contributed by atoms with van der Waals surface area (Å²) in [5.41, 5.74) is 0. The van der Waals surface area contributed by atoms with Crippen LogP contribution in [0.5, 0.6) is 0 Å². The lowest BCUT2D eigenvalue weighted by atomic mass is 10.0. The zero-order valence-electron chi connectivity index (χ0n) is 25.2. The smallest absolute Gasteiger partial charge is 0.305 e. The summed E-state index contributed by atoms with van der Waals surface area (Å²) in [6.07, 6.45) is 37.0. The Morgan fingerprint density at radius 1 is 0.500 bits per heavy atom. The van der Waals surface area contributed by atoms with Crippen molar-refractivity contribution in [2.45, 2.75) is 187 Å². The van der Waals surface area contributed by atoms with Crippen molar-refractivity contribution in [3.8, 4) is 0 Å². The van der Waals surface area contributed by atoms with E-state index in [1.54, 1.807) is 0 Å². The molecule has 0 aromatic rings. The van der Waals surface area contributed by atoms with Crippen LogP contribution in [-0.2, 0) is 19.6 Å². The van der Waals surface area contributed by atoms with Crippen LogP contribution in [0.15, 0.2) is 0 Å². The molecule has 0 bridgehead atoms. The first-order valence-corrected chi connectivity index (χ1v) is 18.2. The van der Waals surface area contributed by atoms with Gasteiger partial charge < -0.3 is 4.74 Å². The highest BCUT2D eigenvalue weighted by molar-refractivity contribution is 7.85. The molecular weight excluding hydrogens is 496 g/mol. The van der Waals surface area contributed by atoms with E-state index in [2.05, 4.69) is 6.92 Å². The fourth-order valence-electron chi connectivity index (χ4n) is 5.09. The number of esters is 1. The standard InChI is InChI=1S/C32H64O5S/c1-2-3-4-5-6-7-8-9-10-11-12-13-14-15-16-17-18-19-20-21-22-23-24-25-26-27-28-29-32(33)37-30-31-38(34,35)36/h2-31H2,1H3,(H,34,35,36). The van der Waals surface area contributed by atoms with E-state index in [-0.39, 0.29) is 12.6 Å². The third-order valence-corrected chi connectivity index (χ3v) is 8.27. The molecule has 0 atom stereocenters. The number of hydrogen-bond donors (Lipinski definition) is 1. The van der Waals surface area contributed by atoms with E-state index in [4.69, 9.17) is 9.29 Å². The topological polar surface area (TPSA) is 80.7 Å². The lowest BCUT2D eigenvalue weighted by molar-refractivity contribution is -0.143. The van der Waals surface area contributed by atoms with E-state index in [0.717, 1.165) is 19.3 Å². The summed E-state index contributed by atoms with van der Waals surface area (Å²) in [6, 6.07) is 0. The van der Waals surface area contributed by atoms with Crippen molar-refractivity contribution >= 4 is 16.1 Å². The molecule has 38 heavy (non-hydrogen) atoms. The Hall–Kier alpha value is -0.620. The second kappa shape index (κ2) is 29.4. The van der Waals surface area contributed by atoms with Crippen molar-refractivity contribution in [2.24, 2.45) is 0 Å². The average Bonchev–Trinajstić information content (AvgIpc) is 2.87. The van der Waals surface area contributed by atoms with Crippen LogP contribution in [0.4, 0.5) is 0 Å². The Labute approximate surface area is 237 Å². The molecule has 228 valence electrons. The molecule has 0 aromatic carbocycles. The van der Waals surface area contributed by atoms with E-state index < -0.39 is 15.9 Å². The van der Waals surface area contributed by atoms with E-state index >= 15 is 0 Å². The van der Waals surface area contributed by atoms with Gasteiger partial charge in [0.15, 0.2) is 0 Å². The molecule has 0 amide bonds. The van der Waals surface area contributed by atoms with Crippen molar-refractivity contribution < 1.29 is 22.5 Å². The van der Waals surface area contributed by atoms with E-state index in [1.165, 1.54) is 154 Å². The van der Waals surface area contributed by atoms with Crippen LogP contribution < -0.4 is 0 Å². The summed E-state index contributed by atoms with van der Waals surface area (Å²) >= 11 is 0. The van der Waals surface area contributed by atoms with Crippen LogP contribution in [0.2, 0.25) is 0 Å². The fourth-order valence-corrected chi connectivity index (χ4v) is 5.39. The fraction of sp³-hybridized carbons (Fsp3) is 0.969. The van der Waals surface area contributed by atoms with Crippen molar-refractivity contribution in [1.29, 1.82) is 0 Å². The molecule has 0 fully saturated rings. The summed E-state index contributed by atoms with van der Waals surface area (Å²) < 4.78 is 34.5. The molecule has 0 heterocycles. The van der Waals surface area contributed by atoms with Crippen LogP contribution >= 0.6 is 0 Å². The van der Waals surface area contributed by atoms with Crippen LogP contribution in [0, 0.1) is 0 Å². The van der Waals surface area contributed by atoms with Gasteiger partial charge >= 0.3 is 5.97 Å². The Balaban J connectivity index is 3.12. The first kappa shape index (κ1) is 37.4. The van der Waals surface area contributed by atoms with Crippen molar-refractivity contribution in [1.82, 2.24) is 0 Å². The molecule has 0 spiro atoms. The highest BCUT2D eigenvalue weighted by Crippen LogP contribution is 2.16. The van der Waals surface area contributed by atoms with Gasteiger partial charge in [-0.2, -0.15) is 8.42 Å². The van der Waals surface area contributed by atoms with Crippen molar-refractivity contribution in [3.05, 3.63) is 0 Å². The van der Waals surface area contributed by atoms with Gasteiger partial charge in [-0.25, -0.2) is 0 Å². The summed E-state index contributed by atoms with van der Waals surface area (Å²) in [4.78, 5) is 11.5. The van der Waals surface area contributed by atoms with Crippen molar-refractivity contribution in [2.75, 3.05) is 12.4 Å². The maximum Gasteiger partial charge on any atom is 0.305 e. The van der Waals surface area contributed by atoms with Crippen LogP contribution in [0.1, 0.15) is 187 Å². The number of ether oxygens (including phenoxy) is 1. The molecule has 0 saturated heterocycles. The van der Waals surface area contributed by atoms with Gasteiger partial charge in [0.25, 0.3) is 10.1 Å². The van der Waals surface area contributed by atoms with Gasteiger partial charge in [0.2, 0.25) is 0 Å². The van der Waals surface area contributed by atoms with Crippen LogP contribution in [0.25, 0.3) is 0 Å². The zero-order valence-corrected chi connectivity index (χ0v) is 26.0. The molecule has 0 aliphatic rings. The highest BCUT2D eigenvalue weighted by Gasteiger charge is 2.07. The van der Waals surface area contributed by atoms with E-state index in [0.29, 0.717) is 6.42 Å². The third-order valence-electron chi connectivity index (χ3n) is 7.59. The molecule has 0 rings (SSSR count).